The number of benzene rings is 8. The van der Waals surface area contributed by atoms with Crippen molar-refractivity contribution in [1.82, 2.24) is 0 Å². The van der Waals surface area contributed by atoms with E-state index in [0.717, 1.165) is 44.4 Å². The lowest BCUT2D eigenvalue weighted by Crippen LogP contribution is -2.10. The number of furan rings is 1. The minimum atomic E-state index is 0.915. The molecule has 0 atom stereocenters. The van der Waals surface area contributed by atoms with Crippen molar-refractivity contribution in [2.24, 2.45) is 0 Å². The molecule has 8 aromatic carbocycles. The highest BCUT2D eigenvalue weighted by Gasteiger charge is 2.16. The number of fused-ring (bicyclic) bond motifs is 5. The van der Waals surface area contributed by atoms with Crippen LogP contribution in [0.2, 0.25) is 0 Å². The van der Waals surface area contributed by atoms with Gasteiger partial charge in [-0.2, -0.15) is 0 Å². The molecule has 0 aliphatic carbocycles. The molecule has 0 saturated heterocycles. The van der Waals surface area contributed by atoms with E-state index in [9.17, 15) is 0 Å². The Morgan fingerprint density at radius 2 is 0.935 bits per heavy atom. The minimum absolute atomic E-state index is 0.915. The van der Waals surface area contributed by atoms with Crippen molar-refractivity contribution in [3.05, 3.63) is 176 Å². The standard InChI is InChI=1S/C44H29NO/c1-2-9-30(10-3-1)32-19-22-38(23-20-32)45(39-14-8-13-34(26-39)35-18-17-31-11-4-5-12-33(31)25-35)40-24-21-36-29-44-42(28-37(36)27-40)41-15-6-7-16-43(41)46-44/h1-29H. The minimum Gasteiger partial charge on any atom is -0.456 e. The normalized spacial score (nSPS) is 11.5. The Kier molecular flexibility index (Phi) is 6.17. The molecule has 9 rings (SSSR count). The Morgan fingerprint density at radius 3 is 1.83 bits per heavy atom. The van der Waals surface area contributed by atoms with Gasteiger partial charge in [-0.15, -0.1) is 0 Å². The van der Waals surface area contributed by atoms with E-state index >= 15 is 0 Å². The van der Waals surface area contributed by atoms with Crippen LogP contribution >= 0.6 is 0 Å². The Hall–Kier alpha value is -6.12. The van der Waals surface area contributed by atoms with E-state index in [2.05, 4.69) is 169 Å². The van der Waals surface area contributed by atoms with Crippen molar-refractivity contribution >= 4 is 60.5 Å². The van der Waals surface area contributed by atoms with Gasteiger partial charge in [0, 0.05) is 27.8 Å². The summed E-state index contributed by atoms with van der Waals surface area (Å²) >= 11 is 0. The summed E-state index contributed by atoms with van der Waals surface area (Å²) in [7, 11) is 0. The van der Waals surface area contributed by atoms with Crippen LogP contribution in [-0.4, -0.2) is 0 Å². The quantitative estimate of drug-likeness (QED) is 0.199. The third-order valence-corrected chi connectivity index (χ3v) is 9.00. The Labute approximate surface area is 267 Å². The van der Waals surface area contributed by atoms with Crippen molar-refractivity contribution in [1.29, 1.82) is 0 Å². The van der Waals surface area contributed by atoms with Crippen LogP contribution in [0.15, 0.2) is 180 Å². The summed E-state index contributed by atoms with van der Waals surface area (Å²) < 4.78 is 6.20. The molecular formula is C44H29NO. The van der Waals surface area contributed by atoms with Crippen LogP contribution in [-0.2, 0) is 0 Å². The zero-order valence-electron chi connectivity index (χ0n) is 25.1. The van der Waals surface area contributed by atoms with E-state index in [1.807, 2.05) is 12.1 Å². The summed E-state index contributed by atoms with van der Waals surface area (Å²) in [6.07, 6.45) is 0. The monoisotopic (exact) mass is 587 g/mol. The van der Waals surface area contributed by atoms with Crippen molar-refractivity contribution in [2.75, 3.05) is 4.90 Å². The summed E-state index contributed by atoms with van der Waals surface area (Å²) in [6, 6.07) is 62.9. The second-order valence-electron chi connectivity index (χ2n) is 11.8. The molecule has 2 heteroatoms. The molecule has 0 fully saturated rings. The molecular weight excluding hydrogens is 558 g/mol. The molecule has 0 aliphatic heterocycles. The van der Waals surface area contributed by atoms with Crippen LogP contribution in [0.3, 0.4) is 0 Å². The predicted molar refractivity (Wildman–Crippen MR) is 194 cm³/mol. The number of para-hydroxylation sites is 1. The smallest absolute Gasteiger partial charge is 0.136 e. The van der Waals surface area contributed by atoms with Gasteiger partial charge in [-0.05, 0) is 104 Å². The lowest BCUT2D eigenvalue weighted by molar-refractivity contribution is 0.669. The van der Waals surface area contributed by atoms with Crippen LogP contribution in [0.1, 0.15) is 0 Å². The number of rotatable bonds is 5. The van der Waals surface area contributed by atoms with Crippen LogP contribution in [0.5, 0.6) is 0 Å². The molecule has 0 spiro atoms. The first kappa shape index (κ1) is 26.3. The maximum atomic E-state index is 6.20. The Balaban J connectivity index is 1.20. The van der Waals surface area contributed by atoms with Gasteiger partial charge < -0.3 is 9.32 Å². The van der Waals surface area contributed by atoms with Gasteiger partial charge in [0.2, 0.25) is 0 Å². The van der Waals surface area contributed by atoms with Gasteiger partial charge in [0.1, 0.15) is 11.2 Å². The van der Waals surface area contributed by atoms with E-state index in [0.29, 0.717) is 0 Å². The maximum absolute atomic E-state index is 6.20. The summed E-state index contributed by atoms with van der Waals surface area (Å²) in [5.41, 5.74) is 9.92. The molecule has 0 radical (unpaired) electrons. The third-order valence-electron chi connectivity index (χ3n) is 9.00. The first-order valence-corrected chi connectivity index (χ1v) is 15.7. The predicted octanol–water partition coefficient (Wildman–Crippen LogP) is 12.7. The van der Waals surface area contributed by atoms with Gasteiger partial charge in [-0.1, -0.05) is 115 Å². The highest BCUT2D eigenvalue weighted by molar-refractivity contribution is 6.10. The fraction of sp³-hybridized carbons (Fsp3) is 0. The van der Waals surface area contributed by atoms with E-state index in [1.165, 1.54) is 38.4 Å². The third kappa shape index (κ3) is 4.60. The zero-order chi connectivity index (χ0) is 30.5. The number of anilines is 3. The van der Waals surface area contributed by atoms with Gasteiger partial charge >= 0.3 is 0 Å². The molecule has 0 unspecified atom stereocenters. The first-order valence-electron chi connectivity index (χ1n) is 15.7. The zero-order valence-corrected chi connectivity index (χ0v) is 25.1. The average Bonchev–Trinajstić information content (AvgIpc) is 3.48. The molecule has 2 nitrogen and oxygen atoms in total. The summed E-state index contributed by atoms with van der Waals surface area (Å²) in [5.74, 6) is 0. The summed E-state index contributed by atoms with van der Waals surface area (Å²) in [4.78, 5) is 2.36. The maximum Gasteiger partial charge on any atom is 0.136 e. The Bertz CT molecular complexity index is 2530. The van der Waals surface area contributed by atoms with Crippen molar-refractivity contribution in [2.45, 2.75) is 0 Å². The van der Waals surface area contributed by atoms with Gasteiger partial charge in [0.05, 0.1) is 0 Å². The summed E-state index contributed by atoms with van der Waals surface area (Å²) in [5, 5.41) is 7.09. The number of nitrogens with zero attached hydrogens (tertiary/aromatic N) is 1. The van der Waals surface area contributed by atoms with Crippen LogP contribution in [0.25, 0.3) is 65.7 Å². The fourth-order valence-electron chi connectivity index (χ4n) is 6.67. The van der Waals surface area contributed by atoms with Crippen molar-refractivity contribution in [3.63, 3.8) is 0 Å². The molecule has 1 heterocycles. The highest BCUT2D eigenvalue weighted by Crippen LogP contribution is 2.40. The SMILES string of the molecule is c1ccc(-c2ccc(N(c3cccc(-c4ccc5ccccc5c4)c3)c3ccc4cc5oc6ccccc6c5cc4c3)cc2)cc1. The van der Waals surface area contributed by atoms with Crippen molar-refractivity contribution < 1.29 is 4.42 Å². The lowest BCUT2D eigenvalue weighted by atomic mass is 10.00. The molecule has 1 aromatic heterocycles. The van der Waals surface area contributed by atoms with Crippen molar-refractivity contribution in [3.8, 4) is 22.3 Å². The topological polar surface area (TPSA) is 16.4 Å². The summed E-state index contributed by atoms with van der Waals surface area (Å²) in [6.45, 7) is 0. The van der Waals surface area contributed by atoms with Crippen LogP contribution < -0.4 is 4.90 Å². The van der Waals surface area contributed by atoms with Gasteiger partial charge in [-0.3, -0.25) is 0 Å². The second-order valence-corrected chi connectivity index (χ2v) is 11.8. The largest absolute Gasteiger partial charge is 0.456 e. The fourth-order valence-corrected chi connectivity index (χ4v) is 6.67. The molecule has 0 bridgehead atoms. The van der Waals surface area contributed by atoms with Gasteiger partial charge in [-0.25, -0.2) is 0 Å². The van der Waals surface area contributed by atoms with E-state index in [-0.39, 0.29) is 0 Å². The molecule has 0 amide bonds. The molecule has 9 aromatic rings. The van der Waals surface area contributed by atoms with E-state index in [4.69, 9.17) is 4.42 Å². The number of hydrogen-bond donors (Lipinski definition) is 0. The molecule has 0 saturated carbocycles. The highest BCUT2D eigenvalue weighted by atomic mass is 16.3. The van der Waals surface area contributed by atoms with Crippen LogP contribution in [0.4, 0.5) is 17.1 Å². The average molecular weight is 588 g/mol. The van der Waals surface area contributed by atoms with Gasteiger partial charge in [0.15, 0.2) is 0 Å². The number of hydrogen-bond acceptors (Lipinski definition) is 2. The Morgan fingerprint density at radius 1 is 0.304 bits per heavy atom. The van der Waals surface area contributed by atoms with Crippen LogP contribution in [0, 0.1) is 0 Å². The molecule has 0 aliphatic rings. The van der Waals surface area contributed by atoms with E-state index < -0.39 is 0 Å². The second kappa shape index (κ2) is 10.8. The first-order chi connectivity index (χ1) is 22.8. The molecule has 0 N–H and O–H groups in total. The molecule has 46 heavy (non-hydrogen) atoms. The molecule has 216 valence electrons. The van der Waals surface area contributed by atoms with E-state index in [1.54, 1.807) is 0 Å². The van der Waals surface area contributed by atoms with Gasteiger partial charge in [0.25, 0.3) is 0 Å². The lowest BCUT2D eigenvalue weighted by Gasteiger charge is -2.26.